The van der Waals surface area contributed by atoms with Crippen LogP contribution in [0.2, 0.25) is 0 Å². The summed E-state index contributed by atoms with van der Waals surface area (Å²) in [6.45, 7) is 2.82. The average Bonchev–Trinajstić information content (AvgIpc) is 3.11. The number of aliphatic hydroxyl groups excluding tert-OH is 1. The van der Waals surface area contributed by atoms with Crippen molar-refractivity contribution in [2.24, 2.45) is 0 Å². The Morgan fingerprint density at radius 2 is 2.45 bits per heavy atom. The lowest BCUT2D eigenvalue weighted by atomic mass is 10.3. The number of nitrogens with one attached hydrogen (secondary N) is 1. The molecule has 7 nitrogen and oxygen atoms in total. The van der Waals surface area contributed by atoms with E-state index in [1.807, 2.05) is 18.3 Å². The molecule has 7 heteroatoms. The van der Waals surface area contributed by atoms with Crippen LogP contribution >= 0.6 is 0 Å². The third kappa shape index (κ3) is 5.52. The van der Waals surface area contributed by atoms with E-state index in [-0.39, 0.29) is 6.61 Å². The molecule has 0 saturated carbocycles. The van der Waals surface area contributed by atoms with Gasteiger partial charge >= 0.3 is 0 Å². The highest BCUT2D eigenvalue weighted by molar-refractivity contribution is 4.96. The zero-order valence-corrected chi connectivity index (χ0v) is 11.3. The molecule has 0 aliphatic carbocycles. The maximum absolute atomic E-state index is 9.72. The molecule has 0 aromatic carbocycles. The van der Waals surface area contributed by atoms with Crippen LogP contribution in [0.3, 0.4) is 0 Å². The summed E-state index contributed by atoms with van der Waals surface area (Å²) in [6.07, 6.45) is 5.51. The number of aromatic nitrogens is 3. The number of hydrogen-bond donors (Lipinski definition) is 2. The van der Waals surface area contributed by atoms with Crippen molar-refractivity contribution in [3.8, 4) is 0 Å². The molecule has 2 rings (SSSR count). The summed E-state index contributed by atoms with van der Waals surface area (Å²) >= 11 is 0. The first-order chi connectivity index (χ1) is 9.84. The zero-order chi connectivity index (χ0) is 14.0. The van der Waals surface area contributed by atoms with E-state index in [1.54, 1.807) is 17.1 Å². The van der Waals surface area contributed by atoms with Gasteiger partial charge in [0.2, 0.25) is 0 Å². The highest BCUT2D eigenvalue weighted by atomic mass is 16.5. The molecular formula is C13H20N4O3. The van der Waals surface area contributed by atoms with Gasteiger partial charge in [-0.3, -0.25) is 4.68 Å². The van der Waals surface area contributed by atoms with E-state index in [1.165, 1.54) is 0 Å². The Balaban J connectivity index is 1.44. The molecule has 1 unspecified atom stereocenters. The normalized spacial score (nSPS) is 12.7. The molecule has 0 aliphatic heterocycles. The number of ether oxygens (including phenoxy) is 1. The van der Waals surface area contributed by atoms with Crippen LogP contribution in [-0.2, 0) is 17.9 Å². The fraction of sp³-hybridized carbons (Fsp3) is 0.538. The molecule has 0 amide bonds. The lowest BCUT2D eigenvalue weighted by Crippen LogP contribution is -2.31. The van der Waals surface area contributed by atoms with Crippen molar-refractivity contribution in [2.45, 2.75) is 25.7 Å². The molecule has 2 N–H and O–H groups in total. The molecule has 2 aromatic rings. The highest BCUT2D eigenvalue weighted by Gasteiger charge is 2.04. The molecule has 1 atom stereocenters. The van der Waals surface area contributed by atoms with E-state index in [0.717, 1.165) is 25.3 Å². The van der Waals surface area contributed by atoms with Crippen molar-refractivity contribution in [3.63, 3.8) is 0 Å². The number of hydrogen-bond acceptors (Lipinski definition) is 6. The lowest BCUT2D eigenvalue weighted by Gasteiger charge is -2.11. The molecule has 20 heavy (non-hydrogen) atoms. The van der Waals surface area contributed by atoms with Crippen molar-refractivity contribution in [1.82, 2.24) is 20.3 Å². The molecule has 2 heterocycles. The predicted molar refractivity (Wildman–Crippen MR) is 71.9 cm³/mol. The molecule has 0 bridgehead atoms. The zero-order valence-electron chi connectivity index (χ0n) is 11.3. The molecule has 0 fully saturated rings. The molecule has 110 valence electrons. The van der Waals surface area contributed by atoms with E-state index in [0.29, 0.717) is 13.2 Å². The first kappa shape index (κ1) is 14.7. The van der Waals surface area contributed by atoms with Gasteiger partial charge in [0.1, 0.15) is 12.4 Å². The summed E-state index contributed by atoms with van der Waals surface area (Å²) in [5, 5.41) is 20.5. The van der Waals surface area contributed by atoms with Gasteiger partial charge in [0.05, 0.1) is 25.2 Å². The third-order valence-corrected chi connectivity index (χ3v) is 2.73. The van der Waals surface area contributed by atoms with E-state index >= 15 is 0 Å². The van der Waals surface area contributed by atoms with Crippen molar-refractivity contribution in [2.75, 3.05) is 19.7 Å². The van der Waals surface area contributed by atoms with Gasteiger partial charge in [-0.1, -0.05) is 5.21 Å². The molecule has 0 radical (unpaired) electrons. The average molecular weight is 280 g/mol. The van der Waals surface area contributed by atoms with Crippen LogP contribution < -0.4 is 5.32 Å². The van der Waals surface area contributed by atoms with E-state index in [4.69, 9.17) is 9.15 Å². The van der Waals surface area contributed by atoms with Crippen LogP contribution in [0.15, 0.2) is 35.2 Å². The molecule has 2 aromatic heterocycles. The fourth-order valence-corrected chi connectivity index (χ4v) is 1.74. The Morgan fingerprint density at radius 3 is 3.20 bits per heavy atom. The third-order valence-electron chi connectivity index (χ3n) is 2.73. The van der Waals surface area contributed by atoms with Gasteiger partial charge in [0.25, 0.3) is 0 Å². The van der Waals surface area contributed by atoms with Crippen LogP contribution in [0.4, 0.5) is 0 Å². The summed E-state index contributed by atoms with van der Waals surface area (Å²) in [6, 6.07) is 3.65. The van der Waals surface area contributed by atoms with Crippen molar-refractivity contribution in [1.29, 1.82) is 0 Å². The predicted octanol–water partition coefficient (Wildman–Crippen LogP) is 0.428. The second-order valence-corrected chi connectivity index (χ2v) is 4.47. The highest BCUT2D eigenvalue weighted by Crippen LogP contribution is 2.01. The Bertz CT molecular complexity index is 444. The van der Waals surface area contributed by atoms with Gasteiger partial charge in [0, 0.05) is 19.3 Å². The minimum Gasteiger partial charge on any atom is -0.467 e. The number of nitrogens with zero attached hydrogens (tertiary/aromatic N) is 3. The van der Waals surface area contributed by atoms with E-state index in [2.05, 4.69) is 15.6 Å². The van der Waals surface area contributed by atoms with Crippen molar-refractivity contribution >= 4 is 0 Å². The first-order valence-electron chi connectivity index (χ1n) is 6.67. The number of aryl methyl sites for hydroxylation is 1. The second kappa shape index (κ2) is 8.47. The van der Waals surface area contributed by atoms with Crippen LogP contribution in [-0.4, -0.2) is 45.9 Å². The molecule has 0 aliphatic rings. The van der Waals surface area contributed by atoms with Gasteiger partial charge in [-0.2, -0.15) is 0 Å². The van der Waals surface area contributed by atoms with Gasteiger partial charge in [-0.15, -0.1) is 5.10 Å². The molecule has 0 spiro atoms. The minimum absolute atomic E-state index is 0.288. The summed E-state index contributed by atoms with van der Waals surface area (Å²) in [4.78, 5) is 0. The largest absolute Gasteiger partial charge is 0.467 e. The van der Waals surface area contributed by atoms with Gasteiger partial charge in [0.15, 0.2) is 0 Å². The van der Waals surface area contributed by atoms with Crippen molar-refractivity contribution < 1.29 is 14.3 Å². The second-order valence-electron chi connectivity index (χ2n) is 4.47. The smallest absolute Gasteiger partial charge is 0.129 e. The van der Waals surface area contributed by atoms with E-state index < -0.39 is 6.10 Å². The maximum atomic E-state index is 9.72. The maximum Gasteiger partial charge on any atom is 0.129 e. The summed E-state index contributed by atoms with van der Waals surface area (Å²) in [5.74, 6) is 0.762. The van der Waals surface area contributed by atoms with Crippen LogP contribution in [0.5, 0.6) is 0 Å². The Morgan fingerprint density at radius 1 is 1.50 bits per heavy atom. The van der Waals surface area contributed by atoms with Crippen LogP contribution in [0, 0.1) is 0 Å². The number of rotatable bonds is 10. The Hall–Kier alpha value is -1.70. The molecule has 0 saturated heterocycles. The van der Waals surface area contributed by atoms with E-state index in [9.17, 15) is 5.11 Å². The number of furan rings is 1. The molecular weight excluding hydrogens is 260 g/mol. The lowest BCUT2D eigenvalue weighted by molar-refractivity contribution is 0.0227. The van der Waals surface area contributed by atoms with Gasteiger partial charge < -0.3 is 19.6 Å². The van der Waals surface area contributed by atoms with Gasteiger partial charge in [-0.25, -0.2) is 0 Å². The summed E-state index contributed by atoms with van der Waals surface area (Å²) in [5.41, 5.74) is 0. The van der Waals surface area contributed by atoms with Crippen LogP contribution in [0.1, 0.15) is 12.2 Å². The standard InChI is InChI=1S/C13H20N4O3/c18-12(10-19-11-13-3-1-8-20-13)9-14-4-2-6-17-7-5-15-16-17/h1,3,5,7-8,12,14,18H,2,4,6,9-11H2. The number of aliphatic hydroxyl groups is 1. The summed E-state index contributed by atoms with van der Waals surface area (Å²) < 4.78 is 12.3. The van der Waals surface area contributed by atoms with Crippen LogP contribution in [0.25, 0.3) is 0 Å². The fourth-order valence-electron chi connectivity index (χ4n) is 1.74. The quantitative estimate of drug-likeness (QED) is 0.614. The first-order valence-corrected chi connectivity index (χ1v) is 6.67. The van der Waals surface area contributed by atoms with Gasteiger partial charge in [-0.05, 0) is 25.1 Å². The monoisotopic (exact) mass is 280 g/mol. The van der Waals surface area contributed by atoms with Crippen molar-refractivity contribution in [3.05, 3.63) is 36.5 Å². The SMILES string of the molecule is OC(CNCCCn1ccnn1)COCc1ccco1. The Kier molecular flexibility index (Phi) is 6.22. The minimum atomic E-state index is -0.517. The topological polar surface area (TPSA) is 85.3 Å². The summed E-state index contributed by atoms with van der Waals surface area (Å²) in [7, 11) is 0. The Labute approximate surface area is 117 Å².